The molecule has 0 aliphatic carbocycles. The maximum absolute atomic E-state index is 11.9. The first-order valence-corrected chi connectivity index (χ1v) is 5.71. The van der Waals surface area contributed by atoms with Gasteiger partial charge in [-0.3, -0.25) is 4.79 Å². The van der Waals surface area contributed by atoms with Gasteiger partial charge in [-0.25, -0.2) is 0 Å². The molecule has 1 aromatic carbocycles. The SMILES string of the molecule is CCn1cnnc1CNC(=O)c1cccc(N)c1.Cl.Cl. The Labute approximate surface area is 129 Å². The first-order chi connectivity index (χ1) is 8.70. The van der Waals surface area contributed by atoms with Crippen LogP contribution >= 0.6 is 24.8 Å². The molecule has 110 valence electrons. The molecule has 0 atom stereocenters. The number of aromatic nitrogens is 3. The van der Waals surface area contributed by atoms with Gasteiger partial charge in [0.1, 0.15) is 6.33 Å². The van der Waals surface area contributed by atoms with Crippen LogP contribution in [0, 0.1) is 0 Å². The van der Waals surface area contributed by atoms with Crippen LogP contribution in [-0.4, -0.2) is 20.7 Å². The van der Waals surface area contributed by atoms with Gasteiger partial charge in [0.25, 0.3) is 5.91 Å². The van der Waals surface area contributed by atoms with Gasteiger partial charge in [-0.1, -0.05) is 6.07 Å². The number of amides is 1. The van der Waals surface area contributed by atoms with Gasteiger partial charge in [-0.2, -0.15) is 0 Å². The fourth-order valence-electron chi connectivity index (χ4n) is 1.62. The maximum atomic E-state index is 11.9. The molecule has 1 amide bonds. The number of carbonyl (C=O) groups excluding carboxylic acids is 1. The third-order valence-electron chi connectivity index (χ3n) is 2.59. The van der Waals surface area contributed by atoms with E-state index in [0.29, 0.717) is 17.8 Å². The zero-order chi connectivity index (χ0) is 13.0. The monoisotopic (exact) mass is 317 g/mol. The van der Waals surface area contributed by atoms with Crippen molar-refractivity contribution in [2.75, 3.05) is 5.73 Å². The van der Waals surface area contributed by atoms with Crippen LogP contribution in [0.4, 0.5) is 5.69 Å². The molecule has 6 nitrogen and oxygen atoms in total. The van der Waals surface area contributed by atoms with Crippen LogP contribution in [0.25, 0.3) is 0 Å². The Kier molecular flexibility index (Phi) is 7.64. The Balaban J connectivity index is 0.00000180. The molecular weight excluding hydrogens is 301 g/mol. The van der Waals surface area contributed by atoms with Crippen molar-refractivity contribution >= 4 is 36.4 Å². The van der Waals surface area contributed by atoms with E-state index in [0.717, 1.165) is 12.4 Å². The summed E-state index contributed by atoms with van der Waals surface area (Å²) in [5.41, 5.74) is 6.73. The number of nitrogen functional groups attached to an aromatic ring is 1. The summed E-state index contributed by atoms with van der Waals surface area (Å²) in [6.45, 7) is 3.12. The molecule has 0 spiro atoms. The Morgan fingerprint density at radius 3 is 2.80 bits per heavy atom. The quantitative estimate of drug-likeness (QED) is 0.840. The molecule has 0 bridgehead atoms. The number of hydrogen-bond donors (Lipinski definition) is 2. The van der Waals surface area contributed by atoms with Crippen molar-refractivity contribution in [3.63, 3.8) is 0 Å². The van der Waals surface area contributed by atoms with Gasteiger partial charge in [0, 0.05) is 17.8 Å². The third kappa shape index (κ3) is 4.40. The normalized spacial score (nSPS) is 9.25. The summed E-state index contributed by atoms with van der Waals surface area (Å²) in [6.07, 6.45) is 1.64. The molecule has 0 saturated heterocycles. The minimum absolute atomic E-state index is 0. The van der Waals surface area contributed by atoms with Crippen LogP contribution in [0.15, 0.2) is 30.6 Å². The van der Waals surface area contributed by atoms with Crippen molar-refractivity contribution < 1.29 is 4.79 Å². The Hall–Kier alpha value is -1.79. The number of anilines is 1. The van der Waals surface area contributed by atoms with Crippen molar-refractivity contribution in [1.29, 1.82) is 0 Å². The number of nitrogens with one attached hydrogen (secondary N) is 1. The van der Waals surface area contributed by atoms with Crippen LogP contribution in [0.1, 0.15) is 23.1 Å². The van der Waals surface area contributed by atoms with Crippen molar-refractivity contribution in [3.05, 3.63) is 42.0 Å². The summed E-state index contributed by atoms with van der Waals surface area (Å²) >= 11 is 0. The molecule has 0 aliphatic rings. The van der Waals surface area contributed by atoms with Gasteiger partial charge in [0.15, 0.2) is 5.82 Å². The summed E-state index contributed by atoms with van der Waals surface area (Å²) < 4.78 is 1.87. The smallest absolute Gasteiger partial charge is 0.251 e. The highest BCUT2D eigenvalue weighted by Crippen LogP contribution is 2.06. The average molecular weight is 318 g/mol. The number of nitrogens with zero attached hydrogens (tertiary/aromatic N) is 3. The van der Waals surface area contributed by atoms with E-state index in [2.05, 4.69) is 15.5 Å². The molecule has 0 unspecified atom stereocenters. The molecule has 0 fully saturated rings. The van der Waals surface area contributed by atoms with Crippen LogP contribution < -0.4 is 11.1 Å². The summed E-state index contributed by atoms with van der Waals surface area (Å²) in [5, 5.41) is 10.5. The first kappa shape index (κ1) is 18.2. The lowest BCUT2D eigenvalue weighted by atomic mass is 10.2. The summed E-state index contributed by atoms with van der Waals surface area (Å²) in [6, 6.07) is 6.85. The molecule has 0 saturated carbocycles. The van der Waals surface area contributed by atoms with Gasteiger partial charge < -0.3 is 15.6 Å². The molecule has 0 radical (unpaired) electrons. The summed E-state index contributed by atoms with van der Waals surface area (Å²) in [4.78, 5) is 11.9. The Morgan fingerprint density at radius 2 is 2.15 bits per heavy atom. The number of benzene rings is 1. The molecule has 2 rings (SSSR count). The van der Waals surface area contributed by atoms with Gasteiger partial charge in [-0.05, 0) is 25.1 Å². The molecule has 1 heterocycles. The van der Waals surface area contributed by atoms with E-state index in [-0.39, 0.29) is 30.7 Å². The van der Waals surface area contributed by atoms with Crippen molar-refractivity contribution in [2.45, 2.75) is 20.0 Å². The van der Waals surface area contributed by atoms with Crippen LogP contribution in [0.2, 0.25) is 0 Å². The van der Waals surface area contributed by atoms with Gasteiger partial charge >= 0.3 is 0 Å². The lowest BCUT2D eigenvalue weighted by molar-refractivity contribution is 0.0949. The standard InChI is InChI=1S/C12H15N5O.2ClH/c1-2-17-8-15-16-11(17)7-14-12(18)9-4-3-5-10(13)6-9;;/h3-6,8H,2,7,13H2,1H3,(H,14,18);2*1H. The lowest BCUT2D eigenvalue weighted by Gasteiger charge is -2.06. The van der Waals surface area contributed by atoms with E-state index in [4.69, 9.17) is 5.73 Å². The second kappa shape index (κ2) is 8.39. The summed E-state index contributed by atoms with van der Waals surface area (Å²) in [5.74, 6) is 0.558. The predicted octanol–water partition coefficient (Wildman–Crippen LogP) is 1.65. The van der Waals surface area contributed by atoms with Crippen LogP contribution in [0.5, 0.6) is 0 Å². The third-order valence-corrected chi connectivity index (χ3v) is 2.59. The Bertz CT molecular complexity index is 558. The van der Waals surface area contributed by atoms with Crippen LogP contribution in [-0.2, 0) is 13.1 Å². The fourth-order valence-corrected chi connectivity index (χ4v) is 1.62. The average Bonchev–Trinajstić information content (AvgIpc) is 2.83. The highest BCUT2D eigenvalue weighted by atomic mass is 35.5. The number of aryl methyl sites for hydroxylation is 1. The highest BCUT2D eigenvalue weighted by Gasteiger charge is 2.08. The largest absolute Gasteiger partial charge is 0.399 e. The Morgan fingerprint density at radius 1 is 1.40 bits per heavy atom. The van der Waals surface area contributed by atoms with Gasteiger partial charge in [-0.15, -0.1) is 35.0 Å². The molecule has 1 aromatic heterocycles. The number of halogens is 2. The van der Waals surface area contributed by atoms with Crippen LogP contribution in [0.3, 0.4) is 0 Å². The van der Waals surface area contributed by atoms with E-state index in [1.165, 1.54) is 0 Å². The second-order valence-corrected chi connectivity index (χ2v) is 3.84. The van der Waals surface area contributed by atoms with Crippen molar-refractivity contribution in [3.8, 4) is 0 Å². The minimum Gasteiger partial charge on any atom is -0.399 e. The molecular formula is C12H17Cl2N5O. The van der Waals surface area contributed by atoms with E-state index >= 15 is 0 Å². The maximum Gasteiger partial charge on any atom is 0.251 e. The highest BCUT2D eigenvalue weighted by molar-refractivity contribution is 5.94. The zero-order valence-corrected chi connectivity index (χ0v) is 12.6. The van der Waals surface area contributed by atoms with E-state index in [9.17, 15) is 4.79 Å². The van der Waals surface area contributed by atoms with Crippen molar-refractivity contribution in [2.24, 2.45) is 0 Å². The molecule has 0 aliphatic heterocycles. The first-order valence-electron chi connectivity index (χ1n) is 5.71. The van der Waals surface area contributed by atoms with Gasteiger partial charge in [0.2, 0.25) is 0 Å². The second-order valence-electron chi connectivity index (χ2n) is 3.84. The number of hydrogen-bond acceptors (Lipinski definition) is 4. The molecule has 3 N–H and O–H groups in total. The topological polar surface area (TPSA) is 85.8 Å². The van der Waals surface area contributed by atoms with Gasteiger partial charge in [0.05, 0.1) is 6.54 Å². The molecule has 2 aromatic rings. The van der Waals surface area contributed by atoms with E-state index in [1.807, 2.05) is 11.5 Å². The number of nitrogens with two attached hydrogens (primary N) is 1. The fraction of sp³-hybridized carbons (Fsp3) is 0.250. The predicted molar refractivity (Wildman–Crippen MR) is 82.2 cm³/mol. The minimum atomic E-state index is -0.173. The van der Waals surface area contributed by atoms with E-state index in [1.54, 1.807) is 30.6 Å². The summed E-state index contributed by atoms with van der Waals surface area (Å²) in [7, 11) is 0. The van der Waals surface area contributed by atoms with Crippen molar-refractivity contribution in [1.82, 2.24) is 20.1 Å². The number of rotatable bonds is 4. The number of carbonyl (C=O) groups is 1. The van der Waals surface area contributed by atoms with E-state index < -0.39 is 0 Å². The zero-order valence-electron chi connectivity index (χ0n) is 10.9. The lowest BCUT2D eigenvalue weighted by Crippen LogP contribution is -2.24. The molecule has 20 heavy (non-hydrogen) atoms. The molecule has 8 heteroatoms.